The first kappa shape index (κ1) is 13.5. The SMILES string of the molecule is CCNc1ncc(CN(C)C(C)(C)CC)s1. The maximum absolute atomic E-state index is 4.35. The van der Waals surface area contributed by atoms with Gasteiger partial charge in [0.2, 0.25) is 0 Å². The normalized spacial score (nSPS) is 12.1. The van der Waals surface area contributed by atoms with Crippen LogP contribution in [0.25, 0.3) is 0 Å². The molecule has 1 rings (SSSR count). The predicted molar refractivity (Wildman–Crippen MR) is 72.1 cm³/mol. The van der Waals surface area contributed by atoms with Crippen LogP contribution in [0.2, 0.25) is 0 Å². The maximum Gasteiger partial charge on any atom is 0.182 e. The maximum atomic E-state index is 4.35. The van der Waals surface area contributed by atoms with E-state index in [4.69, 9.17) is 0 Å². The number of thiazole rings is 1. The fraction of sp³-hybridized carbons (Fsp3) is 0.750. The van der Waals surface area contributed by atoms with Gasteiger partial charge >= 0.3 is 0 Å². The third-order valence-electron chi connectivity index (χ3n) is 3.17. The highest BCUT2D eigenvalue weighted by Crippen LogP contribution is 2.23. The lowest BCUT2D eigenvalue weighted by Crippen LogP contribution is -2.39. The third kappa shape index (κ3) is 3.46. The Morgan fingerprint density at radius 2 is 2.12 bits per heavy atom. The van der Waals surface area contributed by atoms with E-state index >= 15 is 0 Å². The summed E-state index contributed by atoms with van der Waals surface area (Å²) in [5.74, 6) is 0. The summed E-state index contributed by atoms with van der Waals surface area (Å²) in [4.78, 5) is 8.05. The van der Waals surface area contributed by atoms with Crippen molar-refractivity contribution in [3.63, 3.8) is 0 Å². The molecule has 92 valence electrons. The Morgan fingerprint density at radius 3 is 2.69 bits per heavy atom. The minimum atomic E-state index is 0.252. The lowest BCUT2D eigenvalue weighted by atomic mass is 10.0. The molecule has 1 aromatic heterocycles. The molecule has 0 atom stereocenters. The highest BCUT2D eigenvalue weighted by molar-refractivity contribution is 7.15. The van der Waals surface area contributed by atoms with Gasteiger partial charge in [0.15, 0.2) is 5.13 Å². The van der Waals surface area contributed by atoms with Gasteiger partial charge in [0.05, 0.1) is 0 Å². The van der Waals surface area contributed by atoms with Crippen LogP contribution in [0, 0.1) is 0 Å². The van der Waals surface area contributed by atoms with E-state index in [0.717, 1.165) is 24.6 Å². The van der Waals surface area contributed by atoms with Crippen LogP contribution < -0.4 is 5.32 Å². The van der Waals surface area contributed by atoms with Gasteiger partial charge in [0, 0.05) is 29.7 Å². The summed E-state index contributed by atoms with van der Waals surface area (Å²) in [7, 11) is 2.18. The Hall–Kier alpha value is -0.610. The molecule has 0 amide bonds. The zero-order chi connectivity index (χ0) is 12.2. The first-order valence-corrected chi connectivity index (χ1v) is 6.71. The quantitative estimate of drug-likeness (QED) is 0.829. The molecular formula is C12H23N3S. The van der Waals surface area contributed by atoms with Crippen molar-refractivity contribution in [2.45, 2.75) is 46.2 Å². The van der Waals surface area contributed by atoms with Crippen molar-refractivity contribution in [3.05, 3.63) is 11.1 Å². The smallest absolute Gasteiger partial charge is 0.182 e. The molecule has 1 aromatic rings. The van der Waals surface area contributed by atoms with Crippen molar-refractivity contribution in [1.82, 2.24) is 9.88 Å². The Bertz CT molecular complexity index is 320. The molecule has 0 aliphatic heterocycles. The molecule has 0 bridgehead atoms. The molecule has 0 radical (unpaired) electrons. The van der Waals surface area contributed by atoms with Crippen LogP contribution in [0.1, 0.15) is 39.0 Å². The minimum Gasteiger partial charge on any atom is -0.362 e. The minimum absolute atomic E-state index is 0.252. The fourth-order valence-electron chi connectivity index (χ4n) is 1.33. The summed E-state index contributed by atoms with van der Waals surface area (Å²) in [5, 5.41) is 4.27. The summed E-state index contributed by atoms with van der Waals surface area (Å²) in [5.41, 5.74) is 0.252. The van der Waals surface area contributed by atoms with Crippen LogP contribution in [-0.2, 0) is 6.54 Å². The van der Waals surface area contributed by atoms with Gasteiger partial charge in [-0.3, -0.25) is 4.90 Å². The van der Waals surface area contributed by atoms with Crippen molar-refractivity contribution in [2.24, 2.45) is 0 Å². The van der Waals surface area contributed by atoms with E-state index < -0.39 is 0 Å². The topological polar surface area (TPSA) is 28.2 Å². The number of hydrogen-bond acceptors (Lipinski definition) is 4. The van der Waals surface area contributed by atoms with E-state index in [0.29, 0.717) is 0 Å². The van der Waals surface area contributed by atoms with Crippen molar-refractivity contribution < 1.29 is 0 Å². The number of aromatic nitrogens is 1. The Kier molecular flexibility index (Phi) is 4.74. The fourth-order valence-corrected chi connectivity index (χ4v) is 2.27. The van der Waals surface area contributed by atoms with E-state index in [-0.39, 0.29) is 5.54 Å². The van der Waals surface area contributed by atoms with E-state index in [1.165, 1.54) is 4.88 Å². The molecule has 0 unspecified atom stereocenters. The second-order valence-corrected chi connectivity index (χ2v) is 5.80. The Morgan fingerprint density at radius 1 is 1.44 bits per heavy atom. The number of nitrogens with one attached hydrogen (secondary N) is 1. The van der Waals surface area contributed by atoms with Crippen LogP contribution in [0.15, 0.2) is 6.20 Å². The van der Waals surface area contributed by atoms with Crippen LogP contribution in [-0.4, -0.2) is 29.0 Å². The molecule has 0 aliphatic rings. The Balaban J connectivity index is 2.59. The molecular weight excluding hydrogens is 218 g/mol. The molecule has 3 nitrogen and oxygen atoms in total. The number of anilines is 1. The lowest BCUT2D eigenvalue weighted by Gasteiger charge is -2.34. The summed E-state index contributed by atoms with van der Waals surface area (Å²) in [6.45, 7) is 10.8. The molecule has 0 spiro atoms. The molecule has 1 heterocycles. The number of rotatable bonds is 6. The molecule has 0 saturated heterocycles. The summed E-state index contributed by atoms with van der Waals surface area (Å²) >= 11 is 1.75. The Labute approximate surface area is 103 Å². The first-order valence-electron chi connectivity index (χ1n) is 5.89. The van der Waals surface area contributed by atoms with E-state index in [1.807, 2.05) is 6.20 Å². The molecule has 0 aliphatic carbocycles. The van der Waals surface area contributed by atoms with Crippen molar-refractivity contribution >= 4 is 16.5 Å². The van der Waals surface area contributed by atoms with E-state index in [2.05, 4.69) is 49.9 Å². The van der Waals surface area contributed by atoms with Crippen LogP contribution in [0.5, 0.6) is 0 Å². The molecule has 0 fully saturated rings. The molecule has 0 aromatic carbocycles. The lowest BCUT2D eigenvalue weighted by molar-refractivity contribution is 0.144. The molecule has 1 N–H and O–H groups in total. The van der Waals surface area contributed by atoms with Gasteiger partial charge in [-0.05, 0) is 34.2 Å². The molecule has 16 heavy (non-hydrogen) atoms. The van der Waals surface area contributed by atoms with Crippen LogP contribution in [0.3, 0.4) is 0 Å². The van der Waals surface area contributed by atoms with Gasteiger partial charge < -0.3 is 5.32 Å². The largest absolute Gasteiger partial charge is 0.362 e. The zero-order valence-corrected chi connectivity index (χ0v) is 11.8. The van der Waals surface area contributed by atoms with Crippen LogP contribution >= 0.6 is 11.3 Å². The van der Waals surface area contributed by atoms with Crippen LogP contribution in [0.4, 0.5) is 5.13 Å². The molecule has 4 heteroatoms. The highest BCUT2D eigenvalue weighted by Gasteiger charge is 2.21. The number of hydrogen-bond donors (Lipinski definition) is 1. The van der Waals surface area contributed by atoms with Crippen molar-refractivity contribution in [1.29, 1.82) is 0 Å². The molecule has 0 saturated carbocycles. The zero-order valence-electron chi connectivity index (χ0n) is 11.0. The van der Waals surface area contributed by atoms with Gasteiger partial charge in [-0.2, -0.15) is 0 Å². The summed E-state index contributed by atoms with van der Waals surface area (Å²) in [6.07, 6.45) is 3.13. The first-order chi connectivity index (χ1) is 7.49. The van der Waals surface area contributed by atoms with Gasteiger partial charge in [-0.15, -0.1) is 11.3 Å². The van der Waals surface area contributed by atoms with Gasteiger partial charge in [-0.1, -0.05) is 6.92 Å². The van der Waals surface area contributed by atoms with Gasteiger partial charge in [0.1, 0.15) is 0 Å². The summed E-state index contributed by atoms with van der Waals surface area (Å²) in [6, 6.07) is 0. The predicted octanol–water partition coefficient (Wildman–Crippen LogP) is 3.20. The van der Waals surface area contributed by atoms with Crippen molar-refractivity contribution in [2.75, 3.05) is 18.9 Å². The van der Waals surface area contributed by atoms with Crippen molar-refractivity contribution in [3.8, 4) is 0 Å². The highest BCUT2D eigenvalue weighted by atomic mass is 32.1. The second kappa shape index (κ2) is 5.64. The third-order valence-corrected chi connectivity index (χ3v) is 4.11. The summed E-state index contributed by atoms with van der Waals surface area (Å²) < 4.78 is 0. The number of nitrogens with zero attached hydrogens (tertiary/aromatic N) is 2. The van der Waals surface area contributed by atoms with E-state index in [9.17, 15) is 0 Å². The monoisotopic (exact) mass is 241 g/mol. The average molecular weight is 241 g/mol. The second-order valence-electron chi connectivity index (χ2n) is 4.68. The standard InChI is InChI=1S/C12H23N3S/c1-6-12(3,4)15(5)9-10-8-14-11(16-10)13-7-2/h8H,6-7,9H2,1-5H3,(H,13,14). The van der Waals surface area contributed by atoms with Gasteiger partial charge in [0.25, 0.3) is 0 Å². The van der Waals surface area contributed by atoms with Gasteiger partial charge in [-0.25, -0.2) is 4.98 Å². The average Bonchev–Trinajstić information content (AvgIpc) is 2.66. The van der Waals surface area contributed by atoms with E-state index in [1.54, 1.807) is 11.3 Å².